The van der Waals surface area contributed by atoms with E-state index in [1.165, 1.54) is 5.56 Å². The summed E-state index contributed by atoms with van der Waals surface area (Å²) < 4.78 is 15.5. The summed E-state index contributed by atoms with van der Waals surface area (Å²) in [7, 11) is -1.25. The molecule has 2 atom stereocenters. The van der Waals surface area contributed by atoms with Crippen LogP contribution in [0.1, 0.15) is 55.7 Å². The highest BCUT2D eigenvalue weighted by atomic mass is 32.2. The molecule has 1 unspecified atom stereocenters. The van der Waals surface area contributed by atoms with E-state index in [2.05, 4.69) is 22.9 Å². The number of hydrogen-bond acceptors (Lipinski definition) is 3. The average Bonchev–Trinajstić information content (AvgIpc) is 2.60. The van der Waals surface area contributed by atoms with E-state index < -0.39 is 15.7 Å². The minimum absolute atomic E-state index is 0.205. The maximum atomic E-state index is 12.7. The normalized spacial score (nSPS) is 16.1. The molecule has 1 heterocycles. The molecule has 138 valence electrons. The minimum Gasteiger partial charge on any atom is -0.508 e. The lowest BCUT2D eigenvalue weighted by Crippen LogP contribution is -2.36. The van der Waals surface area contributed by atoms with Crippen molar-refractivity contribution in [2.45, 2.75) is 50.8 Å². The Balaban J connectivity index is 1.90. The third-order valence-corrected chi connectivity index (χ3v) is 6.05. The van der Waals surface area contributed by atoms with Crippen LogP contribution in [0, 0.1) is 0 Å². The van der Waals surface area contributed by atoms with Crippen molar-refractivity contribution in [1.82, 2.24) is 9.71 Å². The number of pyridine rings is 1. The molecular formula is C21H26N2O2S. The highest BCUT2D eigenvalue weighted by Gasteiger charge is 2.25. The van der Waals surface area contributed by atoms with Crippen LogP contribution in [0.2, 0.25) is 0 Å². The van der Waals surface area contributed by atoms with Gasteiger partial charge in [-0.1, -0.05) is 36.4 Å². The van der Waals surface area contributed by atoms with E-state index >= 15 is 0 Å². The van der Waals surface area contributed by atoms with Crippen LogP contribution in [0.15, 0.2) is 42.5 Å². The number of aromatic nitrogens is 1. The van der Waals surface area contributed by atoms with E-state index in [0.717, 1.165) is 29.8 Å². The molecule has 0 fully saturated rings. The number of aryl methyl sites for hydroxylation is 1. The summed E-state index contributed by atoms with van der Waals surface area (Å²) in [5.74, 6) is 0.205. The van der Waals surface area contributed by atoms with E-state index in [1.54, 1.807) is 12.1 Å². The molecule has 1 aromatic carbocycles. The molecule has 0 bridgehead atoms. The molecule has 2 aromatic rings. The van der Waals surface area contributed by atoms with Crippen LogP contribution in [0.4, 0.5) is 0 Å². The third kappa shape index (κ3) is 4.40. The second kappa shape index (κ2) is 7.72. The fraction of sp³-hybridized carbons (Fsp3) is 0.381. The SMILES string of the molecule is CC(C)(C)S(=O)N[C@H](Cc1ccc2c(n1)CCC=C2)c1ccccc1O. The molecule has 1 aliphatic carbocycles. The Morgan fingerprint density at radius 3 is 2.73 bits per heavy atom. The molecule has 0 aliphatic heterocycles. The second-order valence-electron chi connectivity index (χ2n) is 7.59. The van der Waals surface area contributed by atoms with Gasteiger partial charge in [-0.05, 0) is 51.3 Å². The summed E-state index contributed by atoms with van der Waals surface area (Å²) >= 11 is 0. The molecule has 26 heavy (non-hydrogen) atoms. The van der Waals surface area contributed by atoms with Crippen LogP contribution in [-0.4, -0.2) is 19.0 Å². The maximum Gasteiger partial charge on any atom is 0.120 e. The van der Waals surface area contributed by atoms with Gasteiger partial charge in [-0.15, -0.1) is 0 Å². The predicted octanol–water partition coefficient (Wildman–Crippen LogP) is 4.08. The Hall–Kier alpha value is -1.98. The fourth-order valence-corrected chi connectivity index (χ4v) is 3.79. The quantitative estimate of drug-likeness (QED) is 0.833. The van der Waals surface area contributed by atoms with Crippen molar-refractivity contribution in [2.75, 3.05) is 0 Å². The number of nitrogens with one attached hydrogen (secondary N) is 1. The Labute approximate surface area is 158 Å². The van der Waals surface area contributed by atoms with Gasteiger partial charge in [0.1, 0.15) is 5.75 Å². The lowest BCUT2D eigenvalue weighted by Gasteiger charge is -2.25. The van der Waals surface area contributed by atoms with Gasteiger partial charge in [0.05, 0.1) is 21.8 Å². The molecule has 1 aromatic heterocycles. The average molecular weight is 371 g/mol. The Morgan fingerprint density at radius 2 is 2.00 bits per heavy atom. The molecule has 5 heteroatoms. The highest BCUT2D eigenvalue weighted by Crippen LogP contribution is 2.28. The second-order valence-corrected chi connectivity index (χ2v) is 9.59. The van der Waals surface area contributed by atoms with Crippen molar-refractivity contribution >= 4 is 17.1 Å². The van der Waals surface area contributed by atoms with Gasteiger partial charge in [0, 0.05) is 23.4 Å². The van der Waals surface area contributed by atoms with Crippen LogP contribution in [0.3, 0.4) is 0 Å². The van der Waals surface area contributed by atoms with Gasteiger partial charge in [0.25, 0.3) is 0 Å². The lowest BCUT2D eigenvalue weighted by atomic mass is 9.99. The largest absolute Gasteiger partial charge is 0.508 e. The fourth-order valence-electron chi connectivity index (χ4n) is 2.97. The topological polar surface area (TPSA) is 62.2 Å². The molecular weight excluding hydrogens is 344 g/mol. The van der Waals surface area contributed by atoms with E-state index in [1.807, 2.05) is 39.0 Å². The zero-order valence-corrected chi connectivity index (χ0v) is 16.3. The Morgan fingerprint density at radius 1 is 1.23 bits per heavy atom. The molecule has 3 rings (SSSR count). The van der Waals surface area contributed by atoms with E-state index in [9.17, 15) is 9.32 Å². The number of phenols is 1. The molecule has 2 N–H and O–H groups in total. The van der Waals surface area contributed by atoms with Gasteiger partial charge < -0.3 is 5.11 Å². The number of hydrogen-bond donors (Lipinski definition) is 2. The van der Waals surface area contributed by atoms with Crippen molar-refractivity contribution in [3.63, 3.8) is 0 Å². The lowest BCUT2D eigenvalue weighted by molar-refractivity contribution is 0.456. The van der Waals surface area contributed by atoms with E-state index in [-0.39, 0.29) is 11.8 Å². The van der Waals surface area contributed by atoms with E-state index in [4.69, 9.17) is 4.98 Å². The molecule has 4 nitrogen and oxygen atoms in total. The summed E-state index contributed by atoms with van der Waals surface area (Å²) in [6.07, 6.45) is 6.81. The number of aromatic hydroxyl groups is 1. The summed E-state index contributed by atoms with van der Waals surface area (Å²) in [6.45, 7) is 5.80. The van der Waals surface area contributed by atoms with Crippen molar-refractivity contribution in [3.05, 3.63) is 65.0 Å². The molecule has 1 aliphatic rings. The minimum atomic E-state index is -1.25. The number of rotatable bonds is 5. The highest BCUT2D eigenvalue weighted by molar-refractivity contribution is 7.84. The molecule has 0 saturated heterocycles. The number of phenolic OH excluding ortho intramolecular Hbond substituents is 1. The van der Waals surface area contributed by atoms with Gasteiger partial charge in [-0.2, -0.15) is 0 Å². The standard InChI is InChI=1S/C21H26N2O2S/c1-21(2,3)26(25)23-19(17-9-5-7-11-20(17)24)14-16-13-12-15-8-4-6-10-18(15)22-16/h4-5,7-9,11-13,19,23-24H,6,10,14H2,1-3H3/t19-,26?/m1/s1. The third-order valence-electron chi connectivity index (χ3n) is 4.44. The smallest absolute Gasteiger partial charge is 0.120 e. The summed E-state index contributed by atoms with van der Waals surface area (Å²) in [5, 5.41) is 10.3. The van der Waals surface area contributed by atoms with Crippen LogP contribution < -0.4 is 4.72 Å². The van der Waals surface area contributed by atoms with Crippen molar-refractivity contribution in [2.24, 2.45) is 0 Å². The van der Waals surface area contributed by atoms with Crippen molar-refractivity contribution in [3.8, 4) is 5.75 Å². The predicted molar refractivity (Wildman–Crippen MR) is 107 cm³/mol. The zero-order valence-electron chi connectivity index (χ0n) is 15.5. The number of fused-ring (bicyclic) bond motifs is 1. The molecule has 0 spiro atoms. The maximum absolute atomic E-state index is 12.7. The summed E-state index contributed by atoms with van der Waals surface area (Å²) in [5.41, 5.74) is 3.96. The number of nitrogens with zero attached hydrogens (tertiary/aromatic N) is 1. The molecule has 0 amide bonds. The van der Waals surface area contributed by atoms with Crippen molar-refractivity contribution in [1.29, 1.82) is 0 Å². The van der Waals surface area contributed by atoms with Crippen molar-refractivity contribution < 1.29 is 9.32 Å². The van der Waals surface area contributed by atoms with Crippen LogP contribution in [0.5, 0.6) is 5.75 Å². The number of benzene rings is 1. The van der Waals surface area contributed by atoms with Gasteiger partial charge >= 0.3 is 0 Å². The summed E-state index contributed by atoms with van der Waals surface area (Å²) in [4.78, 5) is 4.81. The van der Waals surface area contributed by atoms with Crippen LogP contribution in [-0.2, 0) is 23.8 Å². The first-order valence-electron chi connectivity index (χ1n) is 8.96. The Bertz CT molecular complexity index is 840. The van der Waals surface area contributed by atoms with E-state index in [0.29, 0.717) is 6.42 Å². The first-order chi connectivity index (χ1) is 12.3. The molecule has 0 saturated carbocycles. The van der Waals surface area contributed by atoms with Crippen LogP contribution >= 0.6 is 0 Å². The molecule has 0 radical (unpaired) electrons. The van der Waals surface area contributed by atoms with Gasteiger partial charge in [0.15, 0.2) is 0 Å². The Kier molecular flexibility index (Phi) is 5.58. The van der Waals surface area contributed by atoms with Crippen LogP contribution in [0.25, 0.3) is 6.08 Å². The van der Waals surface area contributed by atoms with Gasteiger partial charge in [0.2, 0.25) is 0 Å². The van der Waals surface area contributed by atoms with Gasteiger partial charge in [-0.3, -0.25) is 4.98 Å². The first kappa shape index (κ1) is 18.8. The van der Waals surface area contributed by atoms with Gasteiger partial charge in [-0.25, -0.2) is 8.93 Å². The first-order valence-corrected chi connectivity index (χ1v) is 10.1. The number of para-hydroxylation sites is 1. The monoisotopic (exact) mass is 370 g/mol. The zero-order chi connectivity index (χ0) is 18.7. The number of allylic oxidation sites excluding steroid dienone is 1. The summed E-state index contributed by atoms with van der Waals surface area (Å²) in [6, 6.07) is 11.0.